The smallest absolute Gasteiger partial charge is 0.307 e. The van der Waals surface area contributed by atoms with E-state index in [9.17, 15) is 9.59 Å². The highest BCUT2D eigenvalue weighted by atomic mass is 16.5. The van der Waals surface area contributed by atoms with Crippen molar-refractivity contribution in [1.29, 1.82) is 0 Å². The molecular formula is C13H22N2O3. The number of hydrogen-bond acceptors (Lipinski definition) is 4. The van der Waals surface area contributed by atoms with Gasteiger partial charge in [-0.2, -0.15) is 0 Å². The first-order chi connectivity index (χ1) is 8.72. The Hall–Kier alpha value is -1.10. The summed E-state index contributed by atoms with van der Waals surface area (Å²) >= 11 is 0. The summed E-state index contributed by atoms with van der Waals surface area (Å²) in [6, 6.07) is 0.117. The fraction of sp³-hybridized carbons (Fsp3) is 0.846. The van der Waals surface area contributed by atoms with Gasteiger partial charge in [0.05, 0.1) is 19.6 Å². The fourth-order valence-electron chi connectivity index (χ4n) is 3.02. The molecule has 18 heavy (non-hydrogen) atoms. The second kappa shape index (κ2) is 6.18. The molecule has 0 aromatic carbocycles. The van der Waals surface area contributed by atoms with Crippen LogP contribution in [0.3, 0.4) is 0 Å². The van der Waals surface area contributed by atoms with Crippen molar-refractivity contribution in [2.75, 3.05) is 20.2 Å². The minimum Gasteiger partial charge on any atom is -0.469 e. The van der Waals surface area contributed by atoms with Crippen molar-refractivity contribution in [2.24, 2.45) is 0 Å². The molecule has 1 heterocycles. The highest BCUT2D eigenvalue weighted by Gasteiger charge is 2.35. The molecule has 5 heteroatoms. The predicted molar refractivity (Wildman–Crippen MR) is 67.0 cm³/mol. The third-order valence-corrected chi connectivity index (χ3v) is 3.98. The van der Waals surface area contributed by atoms with Gasteiger partial charge in [-0.05, 0) is 19.3 Å². The lowest BCUT2D eigenvalue weighted by Crippen LogP contribution is -2.49. The topological polar surface area (TPSA) is 58.6 Å². The summed E-state index contributed by atoms with van der Waals surface area (Å²) in [7, 11) is 1.37. The summed E-state index contributed by atoms with van der Waals surface area (Å²) in [6.45, 7) is 1.60. The van der Waals surface area contributed by atoms with Crippen molar-refractivity contribution in [2.45, 2.75) is 50.6 Å². The number of carbonyl (C=O) groups excluding carboxylic acids is 2. The van der Waals surface area contributed by atoms with Gasteiger partial charge in [0.15, 0.2) is 0 Å². The molecule has 1 aliphatic carbocycles. The number of nitrogens with one attached hydrogen (secondary N) is 1. The zero-order valence-electron chi connectivity index (χ0n) is 11.0. The molecule has 2 aliphatic rings. The number of rotatable bonds is 3. The van der Waals surface area contributed by atoms with Crippen LogP contribution in [0.15, 0.2) is 0 Å². The molecule has 1 aliphatic heterocycles. The first kappa shape index (κ1) is 13.3. The van der Waals surface area contributed by atoms with Gasteiger partial charge in [0.25, 0.3) is 0 Å². The maximum atomic E-state index is 12.1. The van der Waals surface area contributed by atoms with Crippen LogP contribution in [0.4, 0.5) is 0 Å². The predicted octanol–water partition coefficient (Wildman–Crippen LogP) is 0.683. The van der Waals surface area contributed by atoms with Crippen LogP contribution < -0.4 is 5.32 Å². The van der Waals surface area contributed by atoms with Gasteiger partial charge in [-0.3, -0.25) is 14.5 Å². The molecule has 0 aromatic rings. The van der Waals surface area contributed by atoms with Crippen molar-refractivity contribution < 1.29 is 14.3 Å². The van der Waals surface area contributed by atoms with Gasteiger partial charge in [0.2, 0.25) is 5.91 Å². The van der Waals surface area contributed by atoms with E-state index >= 15 is 0 Å². The molecule has 2 fully saturated rings. The Morgan fingerprint density at radius 2 is 2.11 bits per heavy atom. The van der Waals surface area contributed by atoms with Crippen LogP contribution in [0.5, 0.6) is 0 Å². The van der Waals surface area contributed by atoms with E-state index in [0.29, 0.717) is 12.6 Å². The van der Waals surface area contributed by atoms with E-state index in [4.69, 9.17) is 4.74 Å². The van der Waals surface area contributed by atoms with Gasteiger partial charge < -0.3 is 10.1 Å². The number of esters is 1. The van der Waals surface area contributed by atoms with E-state index in [-0.39, 0.29) is 24.3 Å². The normalized spacial score (nSPS) is 26.7. The average molecular weight is 254 g/mol. The van der Waals surface area contributed by atoms with E-state index in [0.717, 1.165) is 25.8 Å². The lowest BCUT2D eigenvalue weighted by molar-refractivity contribution is -0.145. The second-order valence-electron chi connectivity index (χ2n) is 5.12. The van der Waals surface area contributed by atoms with E-state index in [2.05, 4.69) is 10.2 Å². The Labute approximate surface area is 108 Å². The zero-order valence-corrected chi connectivity index (χ0v) is 11.0. The van der Waals surface area contributed by atoms with Crippen LogP contribution in [0.1, 0.15) is 38.5 Å². The summed E-state index contributed by atoms with van der Waals surface area (Å²) < 4.78 is 4.71. The molecule has 0 bridgehead atoms. The van der Waals surface area contributed by atoms with Crippen molar-refractivity contribution in [1.82, 2.24) is 10.2 Å². The maximum absolute atomic E-state index is 12.1. The molecule has 1 amide bonds. The SMILES string of the molecule is COC(=O)CC1C(=O)NCCCN1C1CCCC1. The number of amides is 1. The molecule has 1 N–H and O–H groups in total. The Kier molecular flexibility index (Phi) is 4.58. The standard InChI is InChI=1S/C13H22N2O3/c1-18-12(16)9-11-13(17)14-7-4-8-15(11)10-5-2-3-6-10/h10-11H,2-9H2,1H3,(H,14,17). The third-order valence-electron chi connectivity index (χ3n) is 3.98. The summed E-state index contributed by atoms with van der Waals surface area (Å²) in [5, 5.41) is 2.89. The second-order valence-corrected chi connectivity index (χ2v) is 5.12. The molecule has 5 nitrogen and oxygen atoms in total. The van der Waals surface area contributed by atoms with E-state index in [1.165, 1.54) is 20.0 Å². The van der Waals surface area contributed by atoms with Gasteiger partial charge in [-0.25, -0.2) is 0 Å². The molecule has 1 saturated heterocycles. The Balaban J connectivity index is 2.09. The van der Waals surface area contributed by atoms with Crippen LogP contribution in [-0.4, -0.2) is 49.1 Å². The number of methoxy groups -OCH3 is 1. The molecule has 1 saturated carbocycles. The van der Waals surface area contributed by atoms with Crippen molar-refractivity contribution in [3.8, 4) is 0 Å². The quantitative estimate of drug-likeness (QED) is 0.753. The Morgan fingerprint density at radius 1 is 1.39 bits per heavy atom. The van der Waals surface area contributed by atoms with Crippen LogP contribution in [0.2, 0.25) is 0 Å². The number of nitrogens with zero attached hydrogens (tertiary/aromatic N) is 1. The molecule has 1 unspecified atom stereocenters. The van der Waals surface area contributed by atoms with Crippen LogP contribution in [-0.2, 0) is 14.3 Å². The summed E-state index contributed by atoms with van der Waals surface area (Å²) in [5.74, 6) is -0.329. The fourth-order valence-corrected chi connectivity index (χ4v) is 3.02. The first-order valence-corrected chi connectivity index (χ1v) is 6.82. The van der Waals surface area contributed by atoms with Gasteiger partial charge in [0, 0.05) is 19.1 Å². The van der Waals surface area contributed by atoms with Crippen molar-refractivity contribution in [3.05, 3.63) is 0 Å². The highest BCUT2D eigenvalue weighted by Crippen LogP contribution is 2.27. The zero-order chi connectivity index (χ0) is 13.0. The molecule has 1 atom stereocenters. The van der Waals surface area contributed by atoms with Crippen molar-refractivity contribution >= 4 is 11.9 Å². The number of carbonyl (C=O) groups is 2. The van der Waals surface area contributed by atoms with Crippen molar-refractivity contribution in [3.63, 3.8) is 0 Å². The average Bonchev–Trinajstić information content (AvgIpc) is 2.84. The molecule has 0 aromatic heterocycles. The minimum absolute atomic E-state index is 0.0233. The largest absolute Gasteiger partial charge is 0.469 e. The highest BCUT2D eigenvalue weighted by molar-refractivity contribution is 5.86. The van der Waals surface area contributed by atoms with Gasteiger partial charge >= 0.3 is 5.97 Å². The molecule has 0 radical (unpaired) electrons. The monoisotopic (exact) mass is 254 g/mol. The Bertz CT molecular complexity index is 313. The summed E-state index contributed by atoms with van der Waals surface area (Å²) in [5.41, 5.74) is 0. The van der Waals surface area contributed by atoms with Crippen LogP contribution in [0, 0.1) is 0 Å². The summed E-state index contributed by atoms with van der Waals surface area (Å²) in [4.78, 5) is 25.8. The van der Waals surface area contributed by atoms with Crippen LogP contribution in [0.25, 0.3) is 0 Å². The van der Waals surface area contributed by atoms with Gasteiger partial charge in [-0.1, -0.05) is 12.8 Å². The van der Waals surface area contributed by atoms with Crippen LogP contribution >= 0.6 is 0 Å². The third kappa shape index (κ3) is 3.02. The molecule has 102 valence electrons. The van der Waals surface area contributed by atoms with E-state index < -0.39 is 0 Å². The lowest BCUT2D eigenvalue weighted by atomic mass is 10.1. The summed E-state index contributed by atoms with van der Waals surface area (Å²) in [6.07, 6.45) is 5.87. The molecular weight excluding hydrogens is 232 g/mol. The number of hydrogen-bond donors (Lipinski definition) is 1. The van der Waals surface area contributed by atoms with Gasteiger partial charge in [-0.15, -0.1) is 0 Å². The first-order valence-electron chi connectivity index (χ1n) is 6.82. The van der Waals surface area contributed by atoms with E-state index in [1.54, 1.807) is 0 Å². The number of ether oxygens (including phenoxy) is 1. The minimum atomic E-state index is -0.344. The Morgan fingerprint density at radius 3 is 2.78 bits per heavy atom. The maximum Gasteiger partial charge on any atom is 0.307 e. The van der Waals surface area contributed by atoms with E-state index in [1.807, 2.05) is 0 Å². The molecule has 0 spiro atoms. The molecule has 2 rings (SSSR count). The van der Waals surface area contributed by atoms with Gasteiger partial charge in [0.1, 0.15) is 0 Å². The lowest BCUT2D eigenvalue weighted by Gasteiger charge is -2.33.